The fourth-order valence-electron chi connectivity index (χ4n) is 2.42. The fraction of sp³-hybridized carbons (Fsp3) is 0.111. The van der Waals surface area contributed by atoms with Crippen LogP contribution in [-0.2, 0) is 17.9 Å². The van der Waals surface area contributed by atoms with Gasteiger partial charge in [0.1, 0.15) is 24.7 Å². The van der Waals surface area contributed by atoms with Gasteiger partial charge in [-0.25, -0.2) is 4.39 Å². The van der Waals surface area contributed by atoms with Gasteiger partial charge in [-0.2, -0.15) is 0 Å². The number of carboxylic acid groups (broad SMARTS) is 1. The fourth-order valence-corrected chi connectivity index (χ4v) is 2.42. The lowest BCUT2D eigenvalue weighted by atomic mass is 10.1. The van der Waals surface area contributed by atoms with Gasteiger partial charge >= 0.3 is 5.97 Å². The smallest absolute Gasteiger partial charge is 0.323 e. The van der Waals surface area contributed by atoms with Crippen LogP contribution in [-0.4, -0.2) is 15.6 Å². The molecule has 3 rings (SSSR count). The molecular formula is C18H14FNO4. The van der Waals surface area contributed by atoms with E-state index < -0.39 is 5.97 Å². The van der Waals surface area contributed by atoms with Gasteiger partial charge in [0, 0.05) is 11.6 Å². The molecule has 5 nitrogen and oxygen atoms in total. The van der Waals surface area contributed by atoms with Crippen LogP contribution in [0.4, 0.5) is 4.39 Å². The van der Waals surface area contributed by atoms with E-state index in [1.165, 1.54) is 18.3 Å². The van der Waals surface area contributed by atoms with Crippen molar-refractivity contribution >= 4 is 16.7 Å². The van der Waals surface area contributed by atoms with Crippen LogP contribution >= 0.6 is 0 Å². The van der Waals surface area contributed by atoms with Crippen molar-refractivity contribution in [1.82, 2.24) is 4.57 Å². The van der Waals surface area contributed by atoms with Gasteiger partial charge in [0.2, 0.25) is 0 Å². The SMILES string of the molecule is O=C(O)Cn1ccc2cc(OCc3cccc(F)c3)ccc2c1=O. The van der Waals surface area contributed by atoms with E-state index in [9.17, 15) is 14.0 Å². The lowest BCUT2D eigenvalue weighted by Gasteiger charge is -2.09. The number of fused-ring (bicyclic) bond motifs is 1. The van der Waals surface area contributed by atoms with E-state index in [1.54, 1.807) is 36.4 Å². The molecule has 3 aromatic rings. The van der Waals surface area contributed by atoms with Crippen molar-refractivity contribution in [3.05, 3.63) is 76.5 Å². The molecule has 0 saturated carbocycles. The molecule has 0 aliphatic rings. The first-order valence-corrected chi connectivity index (χ1v) is 7.25. The summed E-state index contributed by atoms with van der Waals surface area (Å²) >= 11 is 0. The number of carboxylic acids is 1. The van der Waals surface area contributed by atoms with Crippen LogP contribution < -0.4 is 10.3 Å². The number of hydrogen-bond donors (Lipinski definition) is 1. The van der Waals surface area contributed by atoms with Gasteiger partial charge in [0.15, 0.2) is 0 Å². The average molecular weight is 327 g/mol. The highest BCUT2D eigenvalue weighted by molar-refractivity contribution is 5.83. The molecule has 0 atom stereocenters. The molecule has 6 heteroatoms. The lowest BCUT2D eigenvalue weighted by Crippen LogP contribution is -2.23. The Bertz CT molecular complexity index is 965. The number of aliphatic carboxylic acids is 1. The first-order valence-electron chi connectivity index (χ1n) is 7.25. The number of carbonyl (C=O) groups is 1. The van der Waals surface area contributed by atoms with Crippen LogP contribution in [0.15, 0.2) is 59.5 Å². The maximum atomic E-state index is 13.1. The first kappa shape index (κ1) is 15.7. The van der Waals surface area contributed by atoms with Gasteiger partial charge in [0.05, 0.1) is 0 Å². The number of aromatic nitrogens is 1. The third-order valence-corrected chi connectivity index (χ3v) is 3.55. The maximum absolute atomic E-state index is 13.1. The molecule has 0 spiro atoms. The molecule has 0 unspecified atom stereocenters. The minimum Gasteiger partial charge on any atom is -0.489 e. The highest BCUT2D eigenvalue weighted by Gasteiger charge is 2.07. The largest absolute Gasteiger partial charge is 0.489 e. The Balaban J connectivity index is 1.84. The van der Waals surface area contributed by atoms with E-state index in [4.69, 9.17) is 9.84 Å². The molecule has 2 aromatic carbocycles. The summed E-state index contributed by atoms with van der Waals surface area (Å²) in [6, 6.07) is 12.7. The minimum absolute atomic E-state index is 0.208. The van der Waals surface area contributed by atoms with E-state index >= 15 is 0 Å². The molecule has 0 radical (unpaired) electrons. The number of halogens is 1. The van der Waals surface area contributed by atoms with Crippen LogP contribution in [0.3, 0.4) is 0 Å². The number of benzene rings is 2. The van der Waals surface area contributed by atoms with Gasteiger partial charge in [-0.3, -0.25) is 9.59 Å². The topological polar surface area (TPSA) is 68.5 Å². The molecule has 1 aromatic heterocycles. The number of pyridine rings is 1. The number of hydrogen-bond acceptors (Lipinski definition) is 3. The van der Waals surface area contributed by atoms with Crippen LogP contribution in [0.25, 0.3) is 10.8 Å². The molecule has 0 aliphatic heterocycles. The first-order chi connectivity index (χ1) is 11.5. The van der Waals surface area contributed by atoms with Crippen molar-refractivity contribution in [3.63, 3.8) is 0 Å². The number of nitrogens with zero attached hydrogens (tertiary/aromatic N) is 1. The van der Waals surface area contributed by atoms with Gasteiger partial charge in [-0.05, 0) is 47.3 Å². The zero-order chi connectivity index (χ0) is 17.1. The lowest BCUT2D eigenvalue weighted by molar-refractivity contribution is -0.137. The monoisotopic (exact) mass is 327 g/mol. The van der Waals surface area contributed by atoms with Crippen LogP contribution in [0.2, 0.25) is 0 Å². The summed E-state index contributed by atoms with van der Waals surface area (Å²) in [7, 11) is 0. The second-order valence-corrected chi connectivity index (χ2v) is 5.31. The third-order valence-electron chi connectivity index (χ3n) is 3.55. The molecule has 0 amide bonds. The van der Waals surface area contributed by atoms with Crippen molar-refractivity contribution in [2.75, 3.05) is 0 Å². The van der Waals surface area contributed by atoms with Gasteiger partial charge < -0.3 is 14.4 Å². The second-order valence-electron chi connectivity index (χ2n) is 5.31. The molecule has 1 heterocycles. The Hall–Kier alpha value is -3.15. The van der Waals surface area contributed by atoms with E-state index in [1.807, 2.05) is 0 Å². The normalized spacial score (nSPS) is 10.7. The van der Waals surface area contributed by atoms with E-state index in [-0.39, 0.29) is 24.5 Å². The van der Waals surface area contributed by atoms with Gasteiger partial charge in [-0.1, -0.05) is 12.1 Å². The standard InChI is InChI=1S/C18H14FNO4/c19-14-3-1-2-12(8-14)11-24-15-4-5-16-13(9-15)6-7-20(18(16)23)10-17(21)22/h1-9H,10-11H2,(H,21,22). The van der Waals surface area contributed by atoms with Crippen molar-refractivity contribution in [3.8, 4) is 5.75 Å². The maximum Gasteiger partial charge on any atom is 0.323 e. The van der Waals surface area contributed by atoms with Crippen molar-refractivity contribution in [2.24, 2.45) is 0 Å². The summed E-state index contributed by atoms with van der Waals surface area (Å²) in [5.74, 6) is -0.859. The summed E-state index contributed by atoms with van der Waals surface area (Å²) in [5, 5.41) is 9.86. The summed E-state index contributed by atoms with van der Waals surface area (Å²) in [6.07, 6.45) is 1.44. The van der Waals surface area contributed by atoms with Crippen LogP contribution in [0.1, 0.15) is 5.56 Å². The Morgan fingerprint density at radius 1 is 1.17 bits per heavy atom. The van der Waals surface area contributed by atoms with Gasteiger partial charge in [-0.15, -0.1) is 0 Å². The molecule has 0 fully saturated rings. The summed E-state index contributed by atoms with van der Waals surface area (Å²) in [4.78, 5) is 23.0. The summed E-state index contributed by atoms with van der Waals surface area (Å²) in [5.41, 5.74) is 0.332. The Labute approximate surface area is 136 Å². The molecular weight excluding hydrogens is 313 g/mol. The molecule has 122 valence electrons. The predicted octanol–water partition coefficient (Wildman–Crippen LogP) is 2.80. The number of ether oxygens (including phenoxy) is 1. The average Bonchev–Trinajstić information content (AvgIpc) is 2.55. The molecule has 1 N–H and O–H groups in total. The van der Waals surface area contributed by atoms with Crippen molar-refractivity contribution < 1.29 is 19.0 Å². The van der Waals surface area contributed by atoms with Gasteiger partial charge in [0.25, 0.3) is 5.56 Å². The third kappa shape index (κ3) is 3.43. The molecule has 0 aliphatic carbocycles. The predicted molar refractivity (Wildman–Crippen MR) is 86.6 cm³/mol. The second kappa shape index (κ2) is 6.54. The highest BCUT2D eigenvalue weighted by atomic mass is 19.1. The minimum atomic E-state index is -1.08. The van der Waals surface area contributed by atoms with Crippen LogP contribution in [0, 0.1) is 5.82 Å². The Morgan fingerprint density at radius 2 is 2.00 bits per heavy atom. The molecule has 0 saturated heterocycles. The van der Waals surface area contributed by atoms with E-state index in [2.05, 4.69) is 0 Å². The quantitative estimate of drug-likeness (QED) is 0.782. The molecule has 24 heavy (non-hydrogen) atoms. The zero-order valence-electron chi connectivity index (χ0n) is 12.6. The Morgan fingerprint density at radius 3 is 2.75 bits per heavy atom. The van der Waals surface area contributed by atoms with Crippen molar-refractivity contribution in [2.45, 2.75) is 13.2 Å². The molecule has 0 bridgehead atoms. The summed E-state index contributed by atoms with van der Waals surface area (Å²) < 4.78 is 19.9. The zero-order valence-corrected chi connectivity index (χ0v) is 12.6. The van der Waals surface area contributed by atoms with E-state index in [0.29, 0.717) is 22.1 Å². The van der Waals surface area contributed by atoms with Crippen molar-refractivity contribution in [1.29, 1.82) is 0 Å². The summed E-state index contributed by atoms with van der Waals surface area (Å²) in [6.45, 7) is -0.175. The highest BCUT2D eigenvalue weighted by Crippen LogP contribution is 2.19. The Kier molecular flexibility index (Phi) is 4.29. The van der Waals surface area contributed by atoms with Crippen LogP contribution in [0.5, 0.6) is 5.75 Å². The van der Waals surface area contributed by atoms with E-state index in [0.717, 1.165) is 4.57 Å². The number of rotatable bonds is 5.